The quantitative estimate of drug-likeness (QED) is 0.802. The molecule has 23 heavy (non-hydrogen) atoms. The van der Waals surface area contributed by atoms with Gasteiger partial charge in [-0.3, -0.25) is 4.79 Å². The monoisotopic (exact) mass is 309 g/mol. The van der Waals surface area contributed by atoms with E-state index in [0.717, 1.165) is 42.7 Å². The van der Waals surface area contributed by atoms with Crippen LogP contribution in [0.1, 0.15) is 25.7 Å². The van der Waals surface area contributed by atoms with E-state index in [-0.39, 0.29) is 17.9 Å². The molecule has 0 radical (unpaired) electrons. The summed E-state index contributed by atoms with van der Waals surface area (Å²) >= 11 is 0. The van der Waals surface area contributed by atoms with Gasteiger partial charge < -0.3 is 16.4 Å². The van der Waals surface area contributed by atoms with Crippen molar-refractivity contribution in [3.8, 4) is 0 Å². The minimum absolute atomic E-state index is 0.0319. The number of amides is 1. The molecule has 0 bridgehead atoms. The first-order valence-corrected chi connectivity index (χ1v) is 8.19. The van der Waals surface area contributed by atoms with E-state index in [1.165, 1.54) is 0 Å². The fraction of sp³-hybridized carbons (Fsp3) is 0.316. The summed E-state index contributed by atoms with van der Waals surface area (Å²) < 4.78 is 0. The standard InChI is InChI=1S/C19H23N3O/c20-15-7-4-6-14(12-15)19(23)22-18-11-5-10-17(13-18)21-16-8-2-1-3-9-16/h1-3,5,8-11,13-15,21H,4,6-7,12,20H2,(H,22,23). The van der Waals surface area contributed by atoms with Gasteiger partial charge in [-0.1, -0.05) is 30.7 Å². The lowest BCUT2D eigenvalue weighted by Gasteiger charge is -2.25. The van der Waals surface area contributed by atoms with E-state index in [0.29, 0.717) is 0 Å². The third kappa shape index (κ3) is 4.33. The lowest BCUT2D eigenvalue weighted by Crippen LogP contribution is -2.34. The lowest BCUT2D eigenvalue weighted by molar-refractivity contribution is -0.120. The molecule has 0 saturated heterocycles. The first kappa shape index (κ1) is 15.6. The summed E-state index contributed by atoms with van der Waals surface area (Å²) in [5, 5.41) is 6.36. The summed E-state index contributed by atoms with van der Waals surface area (Å²) in [4.78, 5) is 12.4. The van der Waals surface area contributed by atoms with Gasteiger partial charge in [-0.2, -0.15) is 0 Å². The Bertz CT molecular complexity index is 657. The minimum Gasteiger partial charge on any atom is -0.355 e. The SMILES string of the molecule is NC1CCCC(C(=O)Nc2cccc(Nc3ccccc3)c2)C1. The van der Waals surface area contributed by atoms with Crippen molar-refractivity contribution < 1.29 is 4.79 Å². The van der Waals surface area contributed by atoms with E-state index in [1.807, 2.05) is 54.6 Å². The third-order valence-corrected chi connectivity index (χ3v) is 4.28. The molecule has 1 aliphatic rings. The van der Waals surface area contributed by atoms with Crippen molar-refractivity contribution in [3.63, 3.8) is 0 Å². The van der Waals surface area contributed by atoms with Gasteiger partial charge in [-0.25, -0.2) is 0 Å². The second kappa shape index (κ2) is 7.29. The molecule has 0 heterocycles. The third-order valence-electron chi connectivity index (χ3n) is 4.28. The first-order valence-electron chi connectivity index (χ1n) is 8.19. The van der Waals surface area contributed by atoms with Crippen LogP contribution in [0.3, 0.4) is 0 Å². The molecule has 0 aromatic heterocycles. The van der Waals surface area contributed by atoms with Gasteiger partial charge in [0.1, 0.15) is 0 Å². The van der Waals surface area contributed by atoms with Crippen molar-refractivity contribution in [2.45, 2.75) is 31.7 Å². The Morgan fingerprint density at radius 3 is 2.48 bits per heavy atom. The average molecular weight is 309 g/mol. The Labute approximate surface area is 137 Å². The largest absolute Gasteiger partial charge is 0.355 e. The number of hydrogen-bond donors (Lipinski definition) is 3. The van der Waals surface area contributed by atoms with Crippen LogP contribution in [0.4, 0.5) is 17.1 Å². The molecular weight excluding hydrogens is 286 g/mol. The molecule has 1 fully saturated rings. The van der Waals surface area contributed by atoms with E-state index >= 15 is 0 Å². The van der Waals surface area contributed by atoms with Gasteiger partial charge in [0.05, 0.1) is 0 Å². The Kier molecular flexibility index (Phi) is 4.93. The molecule has 4 nitrogen and oxygen atoms in total. The summed E-state index contributed by atoms with van der Waals surface area (Å²) in [6.45, 7) is 0. The average Bonchev–Trinajstić information content (AvgIpc) is 2.56. The predicted octanol–water partition coefficient (Wildman–Crippen LogP) is 3.89. The van der Waals surface area contributed by atoms with Crippen molar-refractivity contribution in [2.75, 3.05) is 10.6 Å². The van der Waals surface area contributed by atoms with Gasteiger partial charge in [-0.05, 0) is 49.6 Å². The molecule has 3 rings (SSSR count). The summed E-state index contributed by atoms with van der Waals surface area (Å²) in [6, 6.07) is 17.9. The van der Waals surface area contributed by atoms with Crippen molar-refractivity contribution in [1.82, 2.24) is 0 Å². The van der Waals surface area contributed by atoms with Crippen molar-refractivity contribution >= 4 is 23.0 Å². The van der Waals surface area contributed by atoms with Crippen LogP contribution in [-0.2, 0) is 4.79 Å². The van der Waals surface area contributed by atoms with Crippen LogP contribution in [0.5, 0.6) is 0 Å². The van der Waals surface area contributed by atoms with Crippen molar-refractivity contribution in [3.05, 3.63) is 54.6 Å². The number of nitrogens with one attached hydrogen (secondary N) is 2. The van der Waals surface area contributed by atoms with Crippen molar-refractivity contribution in [1.29, 1.82) is 0 Å². The molecule has 0 aliphatic heterocycles. The Morgan fingerprint density at radius 1 is 0.957 bits per heavy atom. The number of carbonyl (C=O) groups excluding carboxylic acids is 1. The van der Waals surface area contributed by atoms with Gasteiger partial charge in [0.2, 0.25) is 5.91 Å². The summed E-state index contributed by atoms with van der Waals surface area (Å²) in [7, 11) is 0. The molecule has 1 amide bonds. The number of rotatable bonds is 4. The van der Waals surface area contributed by atoms with Gasteiger partial charge in [-0.15, -0.1) is 0 Å². The van der Waals surface area contributed by atoms with E-state index < -0.39 is 0 Å². The fourth-order valence-electron chi connectivity index (χ4n) is 3.07. The van der Waals surface area contributed by atoms with Crippen LogP contribution in [0.15, 0.2) is 54.6 Å². The maximum absolute atomic E-state index is 12.4. The number of carbonyl (C=O) groups is 1. The van der Waals surface area contributed by atoms with E-state index in [2.05, 4.69) is 10.6 Å². The highest BCUT2D eigenvalue weighted by Gasteiger charge is 2.25. The molecule has 120 valence electrons. The molecule has 4 N–H and O–H groups in total. The Hall–Kier alpha value is -2.33. The smallest absolute Gasteiger partial charge is 0.227 e. The van der Waals surface area contributed by atoms with Crippen LogP contribution in [0.2, 0.25) is 0 Å². The minimum atomic E-state index is 0.0319. The lowest BCUT2D eigenvalue weighted by atomic mass is 9.85. The number of benzene rings is 2. The van der Waals surface area contributed by atoms with E-state index in [9.17, 15) is 4.79 Å². The zero-order chi connectivity index (χ0) is 16.1. The molecule has 1 aliphatic carbocycles. The van der Waals surface area contributed by atoms with Gasteiger partial charge >= 0.3 is 0 Å². The van der Waals surface area contributed by atoms with Crippen LogP contribution >= 0.6 is 0 Å². The van der Waals surface area contributed by atoms with Crippen LogP contribution in [0.25, 0.3) is 0 Å². The molecule has 2 unspecified atom stereocenters. The molecule has 4 heteroatoms. The van der Waals surface area contributed by atoms with Gasteiger partial charge in [0.15, 0.2) is 0 Å². The van der Waals surface area contributed by atoms with Gasteiger partial charge in [0, 0.05) is 29.0 Å². The number of anilines is 3. The molecule has 0 spiro atoms. The highest BCUT2D eigenvalue weighted by molar-refractivity contribution is 5.93. The van der Waals surface area contributed by atoms with Crippen molar-refractivity contribution in [2.24, 2.45) is 11.7 Å². The maximum atomic E-state index is 12.4. The van der Waals surface area contributed by atoms with Crippen LogP contribution in [0, 0.1) is 5.92 Å². The molecule has 1 saturated carbocycles. The number of para-hydroxylation sites is 1. The topological polar surface area (TPSA) is 67.2 Å². The van der Waals surface area contributed by atoms with E-state index in [4.69, 9.17) is 5.73 Å². The zero-order valence-electron chi connectivity index (χ0n) is 13.2. The highest BCUT2D eigenvalue weighted by atomic mass is 16.1. The predicted molar refractivity (Wildman–Crippen MR) is 94.7 cm³/mol. The Morgan fingerprint density at radius 2 is 1.70 bits per heavy atom. The second-order valence-electron chi connectivity index (χ2n) is 6.18. The second-order valence-corrected chi connectivity index (χ2v) is 6.18. The molecule has 2 aromatic rings. The summed E-state index contributed by atoms with van der Waals surface area (Å²) in [5.74, 6) is 0.112. The molecule has 2 atom stereocenters. The highest BCUT2D eigenvalue weighted by Crippen LogP contribution is 2.25. The number of hydrogen-bond acceptors (Lipinski definition) is 3. The summed E-state index contributed by atoms with van der Waals surface area (Å²) in [5.41, 5.74) is 8.77. The first-order chi connectivity index (χ1) is 11.2. The normalized spacial score (nSPS) is 20.7. The number of nitrogens with two attached hydrogens (primary N) is 1. The zero-order valence-corrected chi connectivity index (χ0v) is 13.2. The van der Waals surface area contributed by atoms with Gasteiger partial charge in [0.25, 0.3) is 0 Å². The van der Waals surface area contributed by atoms with Crippen LogP contribution < -0.4 is 16.4 Å². The maximum Gasteiger partial charge on any atom is 0.227 e. The van der Waals surface area contributed by atoms with Crippen LogP contribution in [-0.4, -0.2) is 11.9 Å². The molecular formula is C19H23N3O. The molecule has 2 aromatic carbocycles. The van der Waals surface area contributed by atoms with E-state index in [1.54, 1.807) is 0 Å². The fourth-order valence-corrected chi connectivity index (χ4v) is 3.07. The Balaban J connectivity index is 1.64. The summed E-state index contributed by atoms with van der Waals surface area (Å²) in [6.07, 6.45) is 3.78.